The van der Waals surface area contributed by atoms with Crippen molar-refractivity contribution >= 4 is 11.9 Å². The number of carbonyl (C=O) groups excluding carboxylic acids is 2. The van der Waals surface area contributed by atoms with Crippen molar-refractivity contribution < 1.29 is 19.1 Å². The Balaban J connectivity index is 4.76. The zero-order valence-electron chi connectivity index (χ0n) is 12.6. The fourth-order valence-corrected chi connectivity index (χ4v) is 1.92. The topological polar surface area (TPSA) is 52.6 Å². The van der Waals surface area contributed by atoms with Crippen LogP contribution in [-0.2, 0) is 19.1 Å². The first-order valence-electron chi connectivity index (χ1n) is 7.25. The van der Waals surface area contributed by atoms with E-state index in [1.807, 2.05) is 6.92 Å². The Morgan fingerprint density at radius 2 is 1.40 bits per heavy atom. The molecule has 114 valence electrons. The first kappa shape index (κ1) is 18.4. The van der Waals surface area contributed by atoms with Crippen LogP contribution >= 0.6 is 0 Å². The van der Waals surface area contributed by atoms with Crippen molar-refractivity contribution in [2.45, 2.75) is 64.6 Å². The van der Waals surface area contributed by atoms with Crippen LogP contribution in [-0.4, -0.2) is 24.1 Å². The van der Waals surface area contributed by atoms with Crippen LogP contribution in [0.25, 0.3) is 0 Å². The largest absolute Gasteiger partial charge is 0.455 e. The van der Waals surface area contributed by atoms with E-state index >= 15 is 0 Å². The van der Waals surface area contributed by atoms with Crippen molar-refractivity contribution in [2.24, 2.45) is 0 Å². The van der Waals surface area contributed by atoms with Crippen molar-refractivity contribution in [3.05, 3.63) is 25.3 Å². The summed E-state index contributed by atoms with van der Waals surface area (Å²) in [6.07, 6.45) is 6.64. The van der Waals surface area contributed by atoms with Gasteiger partial charge in [-0.3, -0.25) is 0 Å². The molecule has 0 saturated heterocycles. The molecule has 2 unspecified atom stereocenters. The highest BCUT2D eigenvalue weighted by Crippen LogP contribution is 2.18. The summed E-state index contributed by atoms with van der Waals surface area (Å²) < 4.78 is 10.6. The van der Waals surface area contributed by atoms with Gasteiger partial charge in [-0.1, -0.05) is 46.3 Å². The summed E-state index contributed by atoms with van der Waals surface area (Å²) in [4.78, 5) is 22.8. The van der Waals surface area contributed by atoms with Gasteiger partial charge in [0.25, 0.3) is 0 Å². The highest BCUT2D eigenvalue weighted by Gasteiger charge is 2.26. The van der Waals surface area contributed by atoms with Gasteiger partial charge in [-0.15, -0.1) is 0 Å². The molecule has 4 heteroatoms. The highest BCUT2D eigenvalue weighted by atomic mass is 16.6. The van der Waals surface area contributed by atoms with Gasteiger partial charge in [0, 0.05) is 12.2 Å². The normalized spacial score (nSPS) is 13.1. The van der Waals surface area contributed by atoms with Gasteiger partial charge in [-0.2, -0.15) is 0 Å². The molecule has 0 heterocycles. The Bertz CT molecular complexity index is 322. The lowest BCUT2D eigenvalue weighted by Gasteiger charge is -2.26. The predicted molar refractivity (Wildman–Crippen MR) is 79.2 cm³/mol. The summed E-state index contributed by atoms with van der Waals surface area (Å²) >= 11 is 0. The lowest BCUT2D eigenvalue weighted by Crippen LogP contribution is -2.34. The van der Waals surface area contributed by atoms with Crippen molar-refractivity contribution in [2.75, 3.05) is 0 Å². The first-order valence-corrected chi connectivity index (χ1v) is 7.25. The van der Waals surface area contributed by atoms with Gasteiger partial charge in [0.1, 0.15) is 12.2 Å². The molecule has 4 nitrogen and oxygen atoms in total. The third-order valence-corrected chi connectivity index (χ3v) is 2.95. The summed E-state index contributed by atoms with van der Waals surface area (Å²) in [6, 6.07) is 0. The maximum absolute atomic E-state index is 11.4. The number of unbranched alkanes of at least 4 members (excludes halogenated alkanes) is 2. The number of ether oxygens (including phenoxy) is 2. The Morgan fingerprint density at radius 1 is 0.900 bits per heavy atom. The Hall–Kier alpha value is -1.58. The highest BCUT2D eigenvalue weighted by molar-refractivity contribution is 5.82. The van der Waals surface area contributed by atoms with E-state index < -0.39 is 24.1 Å². The molecule has 0 radical (unpaired) electrons. The summed E-state index contributed by atoms with van der Waals surface area (Å²) in [5.41, 5.74) is 0. The number of esters is 2. The Kier molecular flexibility index (Phi) is 10.4. The maximum Gasteiger partial charge on any atom is 0.330 e. The molecule has 0 aromatic carbocycles. The second-order valence-corrected chi connectivity index (χ2v) is 4.64. The summed E-state index contributed by atoms with van der Waals surface area (Å²) in [6.45, 7) is 10.9. The van der Waals surface area contributed by atoms with Gasteiger partial charge in [0.05, 0.1) is 0 Å². The average molecular weight is 282 g/mol. The SMILES string of the molecule is C=CC(=O)OC(CCC)C(CCCCC)OC(=O)C=C. The summed E-state index contributed by atoms with van der Waals surface area (Å²) in [5.74, 6) is -0.971. The predicted octanol–water partition coefficient (Wildman–Crippen LogP) is 3.56. The van der Waals surface area contributed by atoms with Crippen LogP contribution in [0.4, 0.5) is 0 Å². The zero-order valence-corrected chi connectivity index (χ0v) is 12.6. The van der Waals surface area contributed by atoms with Crippen LogP contribution in [0.3, 0.4) is 0 Å². The molecule has 0 amide bonds. The standard InChI is InChI=1S/C16H26O4/c1-5-9-10-12-14(20-16(18)8-4)13(11-6-2)19-15(17)7-3/h7-8,13-14H,3-6,9-12H2,1-2H3. The van der Waals surface area contributed by atoms with Gasteiger partial charge in [-0.25, -0.2) is 9.59 Å². The van der Waals surface area contributed by atoms with Crippen LogP contribution < -0.4 is 0 Å². The van der Waals surface area contributed by atoms with E-state index in [4.69, 9.17) is 9.47 Å². The van der Waals surface area contributed by atoms with Crippen molar-refractivity contribution in [3.63, 3.8) is 0 Å². The van der Waals surface area contributed by atoms with Gasteiger partial charge in [-0.05, 0) is 19.3 Å². The van der Waals surface area contributed by atoms with Crippen molar-refractivity contribution in [3.8, 4) is 0 Å². The number of rotatable bonds is 11. The monoisotopic (exact) mass is 282 g/mol. The van der Waals surface area contributed by atoms with E-state index in [2.05, 4.69) is 20.1 Å². The van der Waals surface area contributed by atoms with Crippen molar-refractivity contribution in [1.29, 1.82) is 0 Å². The second-order valence-electron chi connectivity index (χ2n) is 4.64. The number of hydrogen-bond donors (Lipinski definition) is 0. The minimum absolute atomic E-state index is 0.420. The summed E-state index contributed by atoms with van der Waals surface area (Å²) in [7, 11) is 0. The van der Waals surface area contributed by atoms with Crippen LogP contribution in [0.2, 0.25) is 0 Å². The molecule has 20 heavy (non-hydrogen) atoms. The lowest BCUT2D eigenvalue weighted by molar-refractivity contribution is -0.162. The Morgan fingerprint density at radius 3 is 1.80 bits per heavy atom. The molecule has 0 aromatic rings. The molecular weight excluding hydrogens is 256 g/mol. The lowest BCUT2D eigenvalue weighted by atomic mass is 10.0. The number of hydrogen-bond acceptors (Lipinski definition) is 4. The zero-order chi connectivity index (χ0) is 15.4. The fourth-order valence-electron chi connectivity index (χ4n) is 1.92. The molecule has 0 bridgehead atoms. The molecule has 0 aromatic heterocycles. The quantitative estimate of drug-likeness (QED) is 0.330. The average Bonchev–Trinajstić information content (AvgIpc) is 2.45. The van der Waals surface area contributed by atoms with E-state index in [1.54, 1.807) is 0 Å². The molecule has 0 spiro atoms. The van der Waals surface area contributed by atoms with Gasteiger partial charge in [0.2, 0.25) is 0 Å². The third-order valence-electron chi connectivity index (χ3n) is 2.95. The van der Waals surface area contributed by atoms with E-state index in [1.165, 1.54) is 0 Å². The molecule has 2 atom stereocenters. The molecule has 0 rings (SSSR count). The molecular formula is C16H26O4. The molecule has 0 N–H and O–H groups in total. The van der Waals surface area contributed by atoms with Crippen LogP contribution in [0.15, 0.2) is 25.3 Å². The van der Waals surface area contributed by atoms with Gasteiger partial charge < -0.3 is 9.47 Å². The van der Waals surface area contributed by atoms with Crippen LogP contribution in [0, 0.1) is 0 Å². The molecule has 0 fully saturated rings. The minimum Gasteiger partial charge on any atom is -0.455 e. The Labute approximate surface area is 121 Å². The molecule has 0 saturated carbocycles. The van der Waals surface area contributed by atoms with Crippen LogP contribution in [0.5, 0.6) is 0 Å². The first-order chi connectivity index (χ1) is 9.58. The van der Waals surface area contributed by atoms with E-state index in [9.17, 15) is 9.59 Å². The maximum atomic E-state index is 11.4. The molecule has 0 aliphatic heterocycles. The minimum atomic E-state index is -0.487. The summed E-state index contributed by atoms with van der Waals surface area (Å²) in [5, 5.41) is 0. The van der Waals surface area contributed by atoms with Crippen molar-refractivity contribution in [1.82, 2.24) is 0 Å². The number of carbonyl (C=O) groups is 2. The van der Waals surface area contributed by atoms with E-state index in [0.29, 0.717) is 12.8 Å². The van der Waals surface area contributed by atoms with Crippen LogP contribution in [0.1, 0.15) is 52.4 Å². The van der Waals surface area contributed by atoms with E-state index in [0.717, 1.165) is 37.8 Å². The smallest absolute Gasteiger partial charge is 0.330 e. The molecule has 0 aliphatic carbocycles. The second kappa shape index (κ2) is 11.3. The fraction of sp³-hybridized carbons (Fsp3) is 0.625. The van der Waals surface area contributed by atoms with E-state index in [-0.39, 0.29) is 0 Å². The third kappa shape index (κ3) is 7.77. The van der Waals surface area contributed by atoms with Gasteiger partial charge >= 0.3 is 11.9 Å². The van der Waals surface area contributed by atoms with Gasteiger partial charge in [0.15, 0.2) is 0 Å². The molecule has 0 aliphatic rings.